The van der Waals surface area contributed by atoms with Gasteiger partial charge < -0.3 is 15.5 Å². The lowest BCUT2D eigenvalue weighted by molar-refractivity contribution is -0.127. The highest BCUT2D eigenvalue weighted by atomic mass is 16.2. The molecule has 0 unspecified atom stereocenters. The van der Waals surface area contributed by atoms with Gasteiger partial charge in [0.05, 0.1) is 0 Å². The van der Waals surface area contributed by atoms with E-state index >= 15 is 0 Å². The quantitative estimate of drug-likeness (QED) is 0.593. The molecule has 0 atom stereocenters. The van der Waals surface area contributed by atoms with Crippen LogP contribution in [0.5, 0.6) is 0 Å². The number of benzene rings is 2. The van der Waals surface area contributed by atoms with Crippen molar-refractivity contribution in [2.45, 2.75) is 19.8 Å². The minimum atomic E-state index is -0.596. The van der Waals surface area contributed by atoms with Crippen LogP contribution in [0.3, 0.4) is 0 Å². The molecule has 2 aromatic carbocycles. The Labute approximate surface area is 175 Å². The fraction of sp³-hybridized carbons (Fsp3) is 0.261. The molecule has 7 heteroatoms. The van der Waals surface area contributed by atoms with Crippen LogP contribution in [0.15, 0.2) is 54.2 Å². The van der Waals surface area contributed by atoms with Crippen LogP contribution < -0.4 is 15.5 Å². The van der Waals surface area contributed by atoms with Crippen LogP contribution >= 0.6 is 0 Å². The van der Waals surface area contributed by atoms with E-state index in [-0.39, 0.29) is 12.2 Å². The van der Waals surface area contributed by atoms with Crippen molar-refractivity contribution in [3.8, 4) is 0 Å². The number of carbonyl (C=O) groups is 3. The number of hydrogen-bond donors (Lipinski definition) is 2. The summed E-state index contributed by atoms with van der Waals surface area (Å²) < 4.78 is 0. The molecule has 30 heavy (non-hydrogen) atoms. The summed E-state index contributed by atoms with van der Waals surface area (Å²) in [5.74, 6) is -0.941. The highest BCUT2D eigenvalue weighted by molar-refractivity contribution is 6.16. The van der Waals surface area contributed by atoms with Gasteiger partial charge in [-0.15, -0.1) is 0 Å². The van der Waals surface area contributed by atoms with E-state index < -0.39 is 17.8 Å². The molecule has 2 aromatic rings. The minimum absolute atomic E-state index is 0.171. The molecule has 0 aliphatic carbocycles. The standard InChI is InChI=1S/C23H24N4O3/c1-16-13-19(26-11-5-6-12-26)10-9-17(16)14-20-22(29)27(23(30)25-20)15-21(28)24-18-7-3-2-4-8-18/h2-4,7-10,13-14H,5-6,11-12,15H2,1H3,(H,24,28)(H,25,30). The predicted molar refractivity (Wildman–Crippen MR) is 116 cm³/mol. The van der Waals surface area contributed by atoms with Gasteiger partial charge in [0, 0.05) is 24.5 Å². The highest BCUT2D eigenvalue weighted by Gasteiger charge is 2.35. The third-order valence-electron chi connectivity index (χ3n) is 5.35. The van der Waals surface area contributed by atoms with Gasteiger partial charge >= 0.3 is 6.03 Å². The lowest BCUT2D eigenvalue weighted by atomic mass is 10.1. The summed E-state index contributed by atoms with van der Waals surface area (Å²) in [5.41, 5.74) is 3.84. The van der Waals surface area contributed by atoms with Gasteiger partial charge in [-0.2, -0.15) is 0 Å². The number of urea groups is 1. The van der Waals surface area contributed by atoms with Crippen LogP contribution in [0.4, 0.5) is 16.2 Å². The maximum absolute atomic E-state index is 12.7. The molecular formula is C23H24N4O3. The molecular weight excluding hydrogens is 380 g/mol. The summed E-state index contributed by atoms with van der Waals surface area (Å²) in [7, 11) is 0. The topological polar surface area (TPSA) is 81.8 Å². The van der Waals surface area contributed by atoms with Gasteiger partial charge in [0.2, 0.25) is 5.91 Å². The predicted octanol–water partition coefficient (Wildman–Crippen LogP) is 3.13. The first-order valence-electron chi connectivity index (χ1n) is 10.1. The number of anilines is 2. The maximum atomic E-state index is 12.7. The van der Waals surface area contributed by atoms with E-state index in [1.54, 1.807) is 30.3 Å². The molecule has 0 bridgehead atoms. The van der Waals surface area contributed by atoms with Crippen LogP contribution in [0.2, 0.25) is 0 Å². The normalized spacial score (nSPS) is 17.6. The Hall–Kier alpha value is -3.61. The van der Waals surface area contributed by atoms with Crippen molar-refractivity contribution in [2.24, 2.45) is 0 Å². The smallest absolute Gasteiger partial charge is 0.329 e. The fourth-order valence-corrected chi connectivity index (χ4v) is 3.73. The van der Waals surface area contributed by atoms with E-state index in [9.17, 15) is 14.4 Å². The van der Waals surface area contributed by atoms with Crippen molar-refractivity contribution >= 4 is 35.3 Å². The monoisotopic (exact) mass is 404 g/mol. The summed E-state index contributed by atoms with van der Waals surface area (Å²) in [6.07, 6.45) is 4.08. The molecule has 0 saturated carbocycles. The summed E-state index contributed by atoms with van der Waals surface area (Å²) in [4.78, 5) is 40.4. The van der Waals surface area contributed by atoms with Gasteiger partial charge in [0.1, 0.15) is 12.2 Å². The molecule has 2 heterocycles. The number of rotatable bonds is 5. The number of nitrogens with one attached hydrogen (secondary N) is 2. The molecule has 2 fully saturated rings. The van der Waals surface area contributed by atoms with E-state index in [0.29, 0.717) is 5.69 Å². The van der Waals surface area contributed by atoms with E-state index in [2.05, 4.69) is 21.6 Å². The second-order valence-electron chi connectivity index (χ2n) is 7.53. The van der Waals surface area contributed by atoms with Crippen molar-refractivity contribution in [3.05, 3.63) is 65.4 Å². The first-order valence-corrected chi connectivity index (χ1v) is 10.1. The van der Waals surface area contributed by atoms with Crippen molar-refractivity contribution < 1.29 is 14.4 Å². The third-order valence-corrected chi connectivity index (χ3v) is 5.35. The van der Waals surface area contributed by atoms with Crippen molar-refractivity contribution in [2.75, 3.05) is 29.9 Å². The maximum Gasteiger partial charge on any atom is 0.329 e. The Kier molecular flexibility index (Phi) is 5.52. The van der Waals surface area contributed by atoms with E-state index in [1.807, 2.05) is 25.1 Å². The number of nitrogens with zero attached hydrogens (tertiary/aromatic N) is 2. The van der Waals surface area contributed by atoms with Crippen LogP contribution in [0.25, 0.3) is 6.08 Å². The molecule has 2 N–H and O–H groups in total. The lowest BCUT2D eigenvalue weighted by Crippen LogP contribution is -2.38. The van der Waals surface area contributed by atoms with E-state index in [0.717, 1.165) is 29.1 Å². The number of imide groups is 1. The van der Waals surface area contributed by atoms with Crippen molar-refractivity contribution in [1.82, 2.24) is 10.2 Å². The summed E-state index contributed by atoms with van der Waals surface area (Å²) in [6.45, 7) is 3.77. The summed E-state index contributed by atoms with van der Waals surface area (Å²) >= 11 is 0. The van der Waals surface area contributed by atoms with Crippen LogP contribution in [-0.2, 0) is 9.59 Å². The molecule has 7 nitrogen and oxygen atoms in total. The average molecular weight is 404 g/mol. The zero-order valence-corrected chi connectivity index (χ0v) is 16.9. The van der Waals surface area contributed by atoms with Gasteiger partial charge in [0.25, 0.3) is 5.91 Å². The molecule has 0 aromatic heterocycles. The Morgan fingerprint density at radius 1 is 1.10 bits per heavy atom. The van der Waals surface area contributed by atoms with Gasteiger partial charge in [0.15, 0.2) is 0 Å². The van der Waals surface area contributed by atoms with Crippen molar-refractivity contribution in [1.29, 1.82) is 0 Å². The molecule has 4 amide bonds. The molecule has 0 radical (unpaired) electrons. The Bertz CT molecular complexity index is 1010. The average Bonchev–Trinajstić information content (AvgIpc) is 3.35. The van der Waals surface area contributed by atoms with Crippen LogP contribution in [-0.4, -0.2) is 42.4 Å². The van der Waals surface area contributed by atoms with E-state index in [4.69, 9.17) is 0 Å². The van der Waals surface area contributed by atoms with Gasteiger partial charge in [-0.3, -0.25) is 9.59 Å². The second kappa shape index (κ2) is 8.41. The first-order chi connectivity index (χ1) is 14.5. The lowest BCUT2D eigenvalue weighted by Gasteiger charge is -2.18. The summed E-state index contributed by atoms with van der Waals surface area (Å²) in [5, 5.41) is 5.26. The number of aryl methyl sites for hydroxylation is 1. The van der Waals surface area contributed by atoms with Gasteiger partial charge in [-0.25, -0.2) is 9.69 Å². The largest absolute Gasteiger partial charge is 0.372 e. The number of carbonyl (C=O) groups excluding carboxylic acids is 3. The Balaban J connectivity index is 1.45. The molecule has 2 saturated heterocycles. The molecule has 4 rings (SSSR count). The van der Waals surface area contributed by atoms with Crippen molar-refractivity contribution in [3.63, 3.8) is 0 Å². The Morgan fingerprint density at radius 2 is 1.83 bits per heavy atom. The second-order valence-corrected chi connectivity index (χ2v) is 7.53. The molecule has 2 aliphatic rings. The zero-order valence-electron chi connectivity index (χ0n) is 16.9. The number of amides is 4. The molecule has 154 valence electrons. The van der Waals surface area contributed by atoms with Gasteiger partial charge in [-0.05, 0) is 61.2 Å². The molecule has 2 aliphatic heterocycles. The summed E-state index contributed by atoms with van der Waals surface area (Å²) in [6, 6.07) is 14.4. The van der Waals surface area contributed by atoms with Gasteiger partial charge in [-0.1, -0.05) is 24.3 Å². The third kappa shape index (κ3) is 4.20. The number of hydrogen-bond acceptors (Lipinski definition) is 4. The fourth-order valence-electron chi connectivity index (χ4n) is 3.73. The van der Waals surface area contributed by atoms with Crippen LogP contribution in [0, 0.1) is 6.92 Å². The highest BCUT2D eigenvalue weighted by Crippen LogP contribution is 2.25. The van der Waals surface area contributed by atoms with Crippen LogP contribution in [0.1, 0.15) is 24.0 Å². The minimum Gasteiger partial charge on any atom is -0.372 e. The number of para-hydroxylation sites is 1. The SMILES string of the molecule is Cc1cc(N2CCCC2)ccc1C=C1NC(=O)N(CC(=O)Nc2ccccc2)C1=O. The Morgan fingerprint density at radius 3 is 2.53 bits per heavy atom. The van der Waals surface area contributed by atoms with E-state index in [1.165, 1.54) is 18.5 Å². The molecule has 0 spiro atoms. The first kappa shape index (κ1) is 19.7. The zero-order chi connectivity index (χ0) is 21.1.